The van der Waals surface area contributed by atoms with Crippen molar-refractivity contribution in [2.24, 2.45) is 5.92 Å². The van der Waals surface area contributed by atoms with E-state index in [1.807, 2.05) is 30.3 Å². The molecule has 1 unspecified atom stereocenters. The van der Waals surface area contributed by atoms with Crippen molar-refractivity contribution >= 4 is 15.9 Å². The summed E-state index contributed by atoms with van der Waals surface area (Å²) in [5.74, 6) is 0.560. The first-order chi connectivity index (χ1) is 10.1. The Balaban J connectivity index is 2.05. The van der Waals surface area contributed by atoms with Gasteiger partial charge >= 0.3 is 0 Å². The van der Waals surface area contributed by atoms with E-state index in [2.05, 4.69) is 15.9 Å². The first-order valence-electron chi connectivity index (χ1n) is 6.80. The summed E-state index contributed by atoms with van der Waals surface area (Å²) in [6.45, 7) is 0.0293. The zero-order chi connectivity index (χ0) is 15.2. The van der Waals surface area contributed by atoms with E-state index < -0.39 is 0 Å². The maximum atomic E-state index is 13.9. The largest absolute Gasteiger partial charge is 0.497 e. The van der Waals surface area contributed by atoms with E-state index in [0.717, 1.165) is 15.8 Å². The zero-order valence-electron chi connectivity index (χ0n) is 11.9. The van der Waals surface area contributed by atoms with Crippen molar-refractivity contribution in [3.05, 3.63) is 63.9 Å². The number of benzene rings is 2. The van der Waals surface area contributed by atoms with Crippen molar-refractivity contribution < 1.29 is 14.2 Å². The van der Waals surface area contributed by atoms with Gasteiger partial charge in [0.15, 0.2) is 0 Å². The first-order valence-corrected chi connectivity index (χ1v) is 7.59. The molecule has 0 heterocycles. The molecule has 112 valence electrons. The molecule has 1 N–H and O–H groups in total. The van der Waals surface area contributed by atoms with Crippen LogP contribution in [0.4, 0.5) is 4.39 Å². The fourth-order valence-electron chi connectivity index (χ4n) is 2.29. The van der Waals surface area contributed by atoms with E-state index in [-0.39, 0.29) is 18.3 Å². The topological polar surface area (TPSA) is 29.5 Å². The summed E-state index contributed by atoms with van der Waals surface area (Å²) in [6, 6.07) is 12.8. The van der Waals surface area contributed by atoms with Crippen molar-refractivity contribution in [3.63, 3.8) is 0 Å². The van der Waals surface area contributed by atoms with E-state index in [4.69, 9.17) is 4.74 Å². The summed E-state index contributed by atoms with van der Waals surface area (Å²) in [5, 5.41) is 9.54. The van der Waals surface area contributed by atoms with Gasteiger partial charge in [-0.1, -0.05) is 34.1 Å². The van der Waals surface area contributed by atoms with Gasteiger partial charge in [0, 0.05) is 11.1 Å². The van der Waals surface area contributed by atoms with Gasteiger partial charge in [0.05, 0.1) is 7.11 Å². The average molecular weight is 353 g/mol. The number of hydrogen-bond acceptors (Lipinski definition) is 2. The van der Waals surface area contributed by atoms with Gasteiger partial charge in [-0.05, 0) is 54.2 Å². The lowest BCUT2D eigenvalue weighted by molar-refractivity contribution is 0.224. The lowest BCUT2D eigenvalue weighted by atomic mass is 9.93. The van der Waals surface area contributed by atoms with Crippen LogP contribution in [0.25, 0.3) is 0 Å². The van der Waals surface area contributed by atoms with Gasteiger partial charge in [-0.3, -0.25) is 0 Å². The predicted molar refractivity (Wildman–Crippen MR) is 85.1 cm³/mol. The van der Waals surface area contributed by atoms with Crippen LogP contribution in [-0.2, 0) is 12.8 Å². The molecule has 0 fully saturated rings. The number of halogens is 2. The van der Waals surface area contributed by atoms with Gasteiger partial charge in [0.2, 0.25) is 0 Å². The standard InChI is InChI=1S/C17H18BrFO2/c1-21-16-6-2-12(3-7-16)8-13(11-20)9-14-4-5-15(18)10-17(14)19/h2-7,10,13,20H,8-9,11H2,1H3. The van der Waals surface area contributed by atoms with E-state index in [1.165, 1.54) is 6.07 Å². The quantitative estimate of drug-likeness (QED) is 0.851. The number of methoxy groups -OCH3 is 1. The van der Waals surface area contributed by atoms with Crippen LogP contribution < -0.4 is 4.74 Å². The minimum absolute atomic E-state index is 0.00549. The molecule has 0 saturated heterocycles. The molecule has 0 aliphatic carbocycles. The van der Waals surface area contributed by atoms with Gasteiger partial charge < -0.3 is 9.84 Å². The van der Waals surface area contributed by atoms with E-state index in [1.54, 1.807) is 13.2 Å². The molecule has 0 radical (unpaired) electrons. The highest BCUT2D eigenvalue weighted by Crippen LogP contribution is 2.21. The van der Waals surface area contributed by atoms with E-state index in [0.29, 0.717) is 18.4 Å². The van der Waals surface area contributed by atoms with Crippen LogP contribution in [0.15, 0.2) is 46.9 Å². The molecular formula is C17H18BrFO2. The normalized spacial score (nSPS) is 12.2. The number of aliphatic hydroxyl groups excluding tert-OH is 1. The summed E-state index contributed by atoms with van der Waals surface area (Å²) >= 11 is 3.25. The van der Waals surface area contributed by atoms with Crippen LogP contribution in [0.1, 0.15) is 11.1 Å². The third kappa shape index (κ3) is 4.55. The molecule has 1 atom stereocenters. The summed E-state index contributed by atoms with van der Waals surface area (Å²) in [7, 11) is 1.63. The van der Waals surface area contributed by atoms with Crippen molar-refractivity contribution in [1.29, 1.82) is 0 Å². The summed E-state index contributed by atoms with van der Waals surface area (Å²) in [6.07, 6.45) is 1.22. The Labute approximate surface area is 132 Å². The monoisotopic (exact) mass is 352 g/mol. The lowest BCUT2D eigenvalue weighted by Crippen LogP contribution is -2.13. The van der Waals surface area contributed by atoms with Crippen molar-refractivity contribution in [2.45, 2.75) is 12.8 Å². The fraction of sp³-hybridized carbons (Fsp3) is 0.294. The van der Waals surface area contributed by atoms with E-state index in [9.17, 15) is 9.50 Å². The van der Waals surface area contributed by atoms with Crippen LogP contribution in [0.3, 0.4) is 0 Å². The average Bonchev–Trinajstić information content (AvgIpc) is 2.49. The van der Waals surface area contributed by atoms with Gasteiger partial charge in [-0.25, -0.2) is 4.39 Å². The van der Waals surface area contributed by atoms with Crippen LogP contribution >= 0.6 is 15.9 Å². The molecule has 0 saturated carbocycles. The van der Waals surface area contributed by atoms with Gasteiger partial charge in [0.1, 0.15) is 11.6 Å². The molecule has 2 aromatic carbocycles. The predicted octanol–water partition coefficient (Wildman–Crippen LogP) is 3.99. The number of hydrogen-bond donors (Lipinski definition) is 1. The highest BCUT2D eigenvalue weighted by atomic mass is 79.9. The molecule has 0 spiro atoms. The lowest BCUT2D eigenvalue weighted by Gasteiger charge is -2.15. The minimum Gasteiger partial charge on any atom is -0.497 e. The second kappa shape index (κ2) is 7.57. The molecular weight excluding hydrogens is 335 g/mol. The molecule has 21 heavy (non-hydrogen) atoms. The van der Waals surface area contributed by atoms with Crippen LogP contribution in [0, 0.1) is 11.7 Å². The third-order valence-electron chi connectivity index (χ3n) is 3.47. The Morgan fingerprint density at radius 2 is 1.86 bits per heavy atom. The Hall–Kier alpha value is -1.39. The zero-order valence-corrected chi connectivity index (χ0v) is 13.4. The van der Waals surface area contributed by atoms with Crippen LogP contribution in [0.5, 0.6) is 5.75 Å². The first kappa shape index (κ1) is 16.0. The Bertz CT molecular complexity index is 584. The number of aliphatic hydroxyl groups is 1. The smallest absolute Gasteiger partial charge is 0.127 e. The van der Waals surface area contributed by atoms with Crippen molar-refractivity contribution in [3.8, 4) is 5.75 Å². The van der Waals surface area contributed by atoms with Crippen LogP contribution in [0.2, 0.25) is 0 Å². The highest BCUT2D eigenvalue weighted by Gasteiger charge is 2.13. The maximum absolute atomic E-state index is 13.9. The second-order valence-electron chi connectivity index (χ2n) is 5.04. The maximum Gasteiger partial charge on any atom is 0.127 e. The molecule has 0 aliphatic heterocycles. The summed E-state index contributed by atoms with van der Waals surface area (Å²) < 4.78 is 19.7. The molecule has 0 bridgehead atoms. The van der Waals surface area contributed by atoms with Crippen molar-refractivity contribution in [2.75, 3.05) is 13.7 Å². The Kier molecular flexibility index (Phi) is 5.76. The van der Waals surface area contributed by atoms with Crippen LogP contribution in [-0.4, -0.2) is 18.8 Å². The SMILES string of the molecule is COc1ccc(CC(CO)Cc2ccc(Br)cc2F)cc1. The molecule has 0 aromatic heterocycles. The fourth-order valence-corrected chi connectivity index (χ4v) is 2.63. The molecule has 4 heteroatoms. The Morgan fingerprint density at radius 1 is 1.14 bits per heavy atom. The number of rotatable bonds is 6. The van der Waals surface area contributed by atoms with Crippen molar-refractivity contribution in [1.82, 2.24) is 0 Å². The summed E-state index contributed by atoms with van der Waals surface area (Å²) in [4.78, 5) is 0. The van der Waals surface area contributed by atoms with Gasteiger partial charge in [0.25, 0.3) is 0 Å². The molecule has 2 rings (SSSR count). The van der Waals surface area contributed by atoms with Gasteiger partial charge in [-0.15, -0.1) is 0 Å². The Morgan fingerprint density at radius 3 is 2.43 bits per heavy atom. The van der Waals surface area contributed by atoms with Gasteiger partial charge in [-0.2, -0.15) is 0 Å². The molecule has 0 aliphatic rings. The third-order valence-corrected chi connectivity index (χ3v) is 3.96. The molecule has 0 amide bonds. The molecule has 2 nitrogen and oxygen atoms in total. The summed E-state index contributed by atoms with van der Waals surface area (Å²) in [5.41, 5.74) is 1.73. The highest BCUT2D eigenvalue weighted by molar-refractivity contribution is 9.10. The minimum atomic E-state index is -0.238. The molecule has 2 aromatic rings. The van der Waals surface area contributed by atoms with E-state index >= 15 is 0 Å². The second-order valence-corrected chi connectivity index (χ2v) is 5.96. The number of ether oxygens (including phenoxy) is 1.